The molecular formula is C16H15F4N5O5S. The van der Waals surface area contributed by atoms with Gasteiger partial charge in [-0.05, 0) is 12.1 Å². The summed E-state index contributed by atoms with van der Waals surface area (Å²) in [7, 11) is -2.36. The molecule has 0 unspecified atom stereocenters. The topological polar surface area (TPSA) is 117 Å². The number of benzene rings is 1. The SMILES string of the molecule is COc1cnc(OC)n2nc(NS(=O)(=O)c3c(OCCF)cccc3C(F)(F)F)nc12. The quantitative estimate of drug-likeness (QED) is 0.504. The van der Waals surface area contributed by atoms with Crippen molar-refractivity contribution in [2.24, 2.45) is 0 Å². The van der Waals surface area contributed by atoms with E-state index in [0.29, 0.717) is 6.07 Å². The lowest BCUT2D eigenvalue weighted by atomic mass is 10.2. The normalized spacial score (nSPS) is 12.1. The number of rotatable bonds is 8. The Kier molecular flexibility index (Phi) is 6.06. The molecule has 3 aromatic rings. The van der Waals surface area contributed by atoms with Gasteiger partial charge in [-0.2, -0.15) is 27.7 Å². The van der Waals surface area contributed by atoms with E-state index in [1.54, 1.807) is 0 Å². The number of sulfonamides is 1. The largest absolute Gasteiger partial charge is 0.491 e. The highest BCUT2D eigenvalue weighted by Gasteiger charge is 2.40. The number of nitrogens with zero attached hydrogens (tertiary/aromatic N) is 4. The van der Waals surface area contributed by atoms with Gasteiger partial charge in [-0.15, -0.1) is 5.10 Å². The summed E-state index contributed by atoms with van der Waals surface area (Å²) in [5.74, 6) is -1.17. The Morgan fingerprint density at radius 3 is 2.52 bits per heavy atom. The van der Waals surface area contributed by atoms with Crippen molar-refractivity contribution in [3.05, 3.63) is 30.0 Å². The van der Waals surface area contributed by atoms with Crippen LogP contribution in [0.4, 0.5) is 23.5 Å². The number of alkyl halides is 4. The maximum Gasteiger partial charge on any atom is 0.417 e. The van der Waals surface area contributed by atoms with Gasteiger partial charge in [0.15, 0.2) is 5.75 Å². The van der Waals surface area contributed by atoms with Gasteiger partial charge in [-0.3, -0.25) is 0 Å². The second kappa shape index (κ2) is 8.41. The Bertz CT molecular complexity index is 1160. The molecule has 10 nitrogen and oxygen atoms in total. The van der Waals surface area contributed by atoms with Crippen molar-refractivity contribution in [1.29, 1.82) is 0 Å². The summed E-state index contributed by atoms with van der Waals surface area (Å²) in [5.41, 5.74) is -1.51. The monoisotopic (exact) mass is 465 g/mol. The first-order chi connectivity index (χ1) is 14.6. The van der Waals surface area contributed by atoms with Gasteiger partial charge < -0.3 is 14.2 Å². The number of aromatic nitrogens is 4. The zero-order valence-electron chi connectivity index (χ0n) is 16.0. The lowest BCUT2D eigenvalue weighted by Crippen LogP contribution is -2.21. The number of fused-ring (bicyclic) bond motifs is 1. The van der Waals surface area contributed by atoms with Crippen LogP contribution in [0.1, 0.15) is 5.56 Å². The summed E-state index contributed by atoms with van der Waals surface area (Å²) < 4.78 is 96.5. The van der Waals surface area contributed by atoms with E-state index in [0.717, 1.165) is 16.6 Å². The summed E-state index contributed by atoms with van der Waals surface area (Å²) in [6.07, 6.45) is -3.80. The van der Waals surface area contributed by atoms with E-state index in [9.17, 15) is 26.0 Å². The molecular weight excluding hydrogens is 450 g/mol. The zero-order chi connectivity index (χ0) is 22.8. The van der Waals surface area contributed by atoms with Crippen LogP contribution >= 0.6 is 0 Å². The van der Waals surface area contributed by atoms with E-state index in [1.165, 1.54) is 20.4 Å². The van der Waals surface area contributed by atoms with Crippen LogP contribution in [0, 0.1) is 0 Å². The first kappa shape index (κ1) is 22.3. The Morgan fingerprint density at radius 1 is 1.16 bits per heavy atom. The fourth-order valence-corrected chi connectivity index (χ4v) is 3.90. The van der Waals surface area contributed by atoms with Crippen molar-refractivity contribution in [3.8, 4) is 17.5 Å². The molecule has 0 bridgehead atoms. The molecule has 0 aliphatic heterocycles. The number of anilines is 1. The molecule has 0 amide bonds. The molecule has 3 rings (SSSR count). The first-order valence-corrected chi connectivity index (χ1v) is 9.86. The number of methoxy groups -OCH3 is 2. The third-order valence-corrected chi connectivity index (χ3v) is 5.23. The molecule has 0 fully saturated rings. The van der Waals surface area contributed by atoms with E-state index in [1.807, 2.05) is 4.72 Å². The maximum absolute atomic E-state index is 13.5. The number of hydrogen-bond acceptors (Lipinski definition) is 8. The molecule has 31 heavy (non-hydrogen) atoms. The van der Waals surface area contributed by atoms with Gasteiger partial charge in [0.05, 0.1) is 26.0 Å². The highest BCUT2D eigenvalue weighted by Crippen LogP contribution is 2.39. The molecule has 0 saturated heterocycles. The van der Waals surface area contributed by atoms with Crippen LogP contribution in [0.3, 0.4) is 0 Å². The van der Waals surface area contributed by atoms with Crippen LogP contribution in [0.2, 0.25) is 0 Å². The third-order valence-electron chi connectivity index (χ3n) is 3.82. The summed E-state index contributed by atoms with van der Waals surface area (Å²) in [4.78, 5) is 6.58. The molecule has 0 saturated carbocycles. The van der Waals surface area contributed by atoms with Gasteiger partial charge in [0, 0.05) is 0 Å². The van der Waals surface area contributed by atoms with Crippen molar-refractivity contribution >= 4 is 21.6 Å². The van der Waals surface area contributed by atoms with Gasteiger partial charge in [0.1, 0.15) is 23.9 Å². The van der Waals surface area contributed by atoms with E-state index < -0.39 is 51.6 Å². The minimum Gasteiger partial charge on any atom is -0.491 e. The third kappa shape index (κ3) is 4.40. The van der Waals surface area contributed by atoms with E-state index in [-0.39, 0.29) is 17.4 Å². The molecule has 168 valence electrons. The van der Waals surface area contributed by atoms with Gasteiger partial charge in [-0.1, -0.05) is 6.07 Å². The predicted molar refractivity (Wildman–Crippen MR) is 97.6 cm³/mol. The standard InChI is InChI=1S/C16H15F4N5O5S/c1-28-11-8-21-15(29-2)25-13(11)22-14(23-25)24-31(26,27)12-9(16(18,19)20)4-3-5-10(12)30-7-6-17/h3-5,8H,6-7H2,1-2H3,(H,23,24). The lowest BCUT2D eigenvalue weighted by molar-refractivity contribution is -0.140. The van der Waals surface area contributed by atoms with Crippen LogP contribution in [-0.2, 0) is 16.2 Å². The number of ether oxygens (including phenoxy) is 3. The van der Waals surface area contributed by atoms with Crippen molar-refractivity contribution in [1.82, 2.24) is 19.6 Å². The average molecular weight is 465 g/mol. The summed E-state index contributed by atoms with van der Waals surface area (Å²) in [5, 5.41) is 3.85. The fourth-order valence-electron chi connectivity index (χ4n) is 2.61. The molecule has 0 spiro atoms. The first-order valence-electron chi connectivity index (χ1n) is 8.38. The minimum absolute atomic E-state index is 0.00920. The molecule has 1 aromatic carbocycles. The van der Waals surface area contributed by atoms with Crippen molar-refractivity contribution in [3.63, 3.8) is 0 Å². The molecule has 15 heteroatoms. The zero-order valence-corrected chi connectivity index (χ0v) is 16.8. The Labute approximate surface area is 172 Å². The predicted octanol–water partition coefficient (Wildman–Crippen LogP) is 2.31. The second-order valence-electron chi connectivity index (χ2n) is 5.76. The number of hydrogen-bond donors (Lipinski definition) is 1. The highest BCUT2D eigenvalue weighted by atomic mass is 32.2. The second-order valence-corrected chi connectivity index (χ2v) is 7.38. The average Bonchev–Trinajstić information content (AvgIpc) is 3.13. The molecule has 2 aromatic heterocycles. The van der Waals surface area contributed by atoms with E-state index >= 15 is 0 Å². The Hall–Kier alpha value is -3.36. The molecule has 0 aliphatic rings. The van der Waals surface area contributed by atoms with Gasteiger partial charge in [0.25, 0.3) is 16.0 Å². The molecule has 0 radical (unpaired) electrons. The van der Waals surface area contributed by atoms with Gasteiger partial charge >= 0.3 is 12.2 Å². The van der Waals surface area contributed by atoms with Gasteiger partial charge in [0.2, 0.25) is 5.65 Å². The lowest BCUT2D eigenvalue weighted by Gasteiger charge is -2.17. The van der Waals surface area contributed by atoms with Crippen molar-refractivity contribution < 1.29 is 40.2 Å². The van der Waals surface area contributed by atoms with Crippen LogP contribution in [0.25, 0.3) is 5.65 Å². The maximum atomic E-state index is 13.5. The molecule has 0 aliphatic carbocycles. The van der Waals surface area contributed by atoms with Crippen LogP contribution in [0.15, 0.2) is 29.3 Å². The highest BCUT2D eigenvalue weighted by molar-refractivity contribution is 7.92. The molecule has 2 heterocycles. The Balaban J connectivity index is 2.13. The van der Waals surface area contributed by atoms with Crippen LogP contribution in [0.5, 0.6) is 17.5 Å². The molecule has 1 N–H and O–H groups in total. The van der Waals surface area contributed by atoms with Gasteiger partial charge in [-0.25, -0.2) is 17.5 Å². The summed E-state index contributed by atoms with van der Waals surface area (Å²) >= 11 is 0. The molecule has 0 atom stereocenters. The minimum atomic E-state index is -5.04. The summed E-state index contributed by atoms with van der Waals surface area (Å²) in [6, 6.07) is 2.40. The van der Waals surface area contributed by atoms with Crippen LogP contribution < -0.4 is 18.9 Å². The summed E-state index contributed by atoms with van der Waals surface area (Å²) in [6.45, 7) is -1.68. The smallest absolute Gasteiger partial charge is 0.417 e. The van der Waals surface area contributed by atoms with E-state index in [2.05, 4.69) is 15.1 Å². The van der Waals surface area contributed by atoms with Crippen molar-refractivity contribution in [2.75, 3.05) is 32.2 Å². The number of halogens is 4. The fraction of sp³-hybridized carbons (Fsp3) is 0.312. The van der Waals surface area contributed by atoms with E-state index in [4.69, 9.17) is 14.2 Å². The Morgan fingerprint density at radius 2 is 1.90 bits per heavy atom. The van der Waals surface area contributed by atoms with Crippen molar-refractivity contribution in [2.45, 2.75) is 11.1 Å². The van der Waals surface area contributed by atoms with Crippen LogP contribution in [-0.4, -0.2) is 55.5 Å². The number of nitrogens with one attached hydrogen (secondary N) is 1.